The van der Waals surface area contributed by atoms with Gasteiger partial charge in [0, 0.05) is 0 Å². The highest BCUT2D eigenvalue weighted by Crippen LogP contribution is 2.27. The van der Waals surface area contributed by atoms with Gasteiger partial charge in [0.15, 0.2) is 18.1 Å². The van der Waals surface area contributed by atoms with Crippen LogP contribution in [0.15, 0.2) is 36.0 Å². The maximum absolute atomic E-state index is 8.48. The fraction of sp³-hybridized carbons (Fsp3) is 0.167. The summed E-state index contributed by atoms with van der Waals surface area (Å²) in [6, 6.07) is 7.20. The minimum absolute atomic E-state index is 0.0233. The van der Waals surface area contributed by atoms with Crippen LogP contribution in [0.25, 0.3) is 0 Å². The molecule has 7 nitrogen and oxygen atoms in total. The molecule has 0 aliphatic carbocycles. The third-order valence-corrected chi connectivity index (χ3v) is 2.23. The molecule has 0 bridgehead atoms. The van der Waals surface area contributed by atoms with Crippen molar-refractivity contribution in [1.29, 1.82) is 5.26 Å². The average Bonchev–Trinajstić information content (AvgIpc) is 2.96. The molecule has 0 saturated heterocycles. The molecule has 7 heteroatoms. The minimum atomic E-state index is -0.0233. The van der Waals surface area contributed by atoms with Gasteiger partial charge in [-0.2, -0.15) is 10.4 Å². The standard InChI is InChI=1S/C12H11N5O2/c1-18-12-6-10(2-3-11(12)19-5-4-13)7-16-17-8-14-15-9-17/h2-3,6-9H,5H2,1H3. The van der Waals surface area contributed by atoms with Crippen LogP contribution < -0.4 is 9.47 Å². The normalized spacial score (nSPS) is 10.3. The lowest BCUT2D eigenvalue weighted by atomic mass is 10.2. The van der Waals surface area contributed by atoms with Crippen LogP contribution in [0.4, 0.5) is 0 Å². The number of nitriles is 1. The predicted octanol–water partition coefficient (Wildman–Crippen LogP) is 1.07. The van der Waals surface area contributed by atoms with E-state index >= 15 is 0 Å². The fourth-order valence-corrected chi connectivity index (χ4v) is 1.38. The molecule has 0 fully saturated rings. The first-order chi connectivity index (χ1) is 9.33. The second-order valence-electron chi connectivity index (χ2n) is 3.44. The fourth-order valence-electron chi connectivity index (χ4n) is 1.38. The summed E-state index contributed by atoms with van der Waals surface area (Å²) in [6.07, 6.45) is 4.61. The molecule has 1 aromatic carbocycles. The number of methoxy groups -OCH3 is 1. The molecule has 19 heavy (non-hydrogen) atoms. The van der Waals surface area contributed by atoms with E-state index in [2.05, 4.69) is 15.3 Å². The first kappa shape index (κ1) is 12.6. The third-order valence-electron chi connectivity index (χ3n) is 2.23. The Bertz CT molecular complexity index is 601. The molecule has 0 N–H and O–H groups in total. The van der Waals surface area contributed by atoms with Crippen LogP contribution in [0.3, 0.4) is 0 Å². The van der Waals surface area contributed by atoms with E-state index in [9.17, 15) is 0 Å². The highest BCUT2D eigenvalue weighted by Gasteiger charge is 2.04. The Morgan fingerprint density at radius 2 is 2.16 bits per heavy atom. The molecule has 2 rings (SSSR count). The van der Waals surface area contributed by atoms with Gasteiger partial charge < -0.3 is 9.47 Å². The van der Waals surface area contributed by atoms with Crippen molar-refractivity contribution in [1.82, 2.24) is 14.9 Å². The van der Waals surface area contributed by atoms with Gasteiger partial charge in [0.25, 0.3) is 0 Å². The molecule has 1 heterocycles. The SMILES string of the molecule is COc1cc(C=Nn2cnnc2)ccc1OCC#N. The van der Waals surface area contributed by atoms with Crippen molar-refractivity contribution in [2.24, 2.45) is 5.10 Å². The van der Waals surface area contributed by atoms with E-state index in [1.807, 2.05) is 12.1 Å². The van der Waals surface area contributed by atoms with E-state index in [4.69, 9.17) is 14.7 Å². The summed E-state index contributed by atoms with van der Waals surface area (Å²) < 4.78 is 11.9. The van der Waals surface area contributed by atoms with Gasteiger partial charge >= 0.3 is 0 Å². The molecule has 0 aliphatic heterocycles. The van der Waals surface area contributed by atoms with Gasteiger partial charge in [0.2, 0.25) is 0 Å². The van der Waals surface area contributed by atoms with Gasteiger partial charge in [-0.15, -0.1) is 10.2 Å². The maximum Gasteiger partial charge on any atom is 0.174 e. The van der Waals surface area contributed by atoms with Crippen molar-refractivity contribution in [2.45, 2.75) is 0 Å². The van der Waals surface area contributed by atoms with Gasteiger partial charge in [-0.05, 0) is 23.8 Å². The molecule has 0 radical (unpaired) electrons. The maximum atomic E-state index is 8.48. The monoisotopic (exact) mass is 257 g/mol. The molecule has 2 aromatic rings. The van der Waals surface area contributed by atoms with E-state index in [1.54, 1.807) is 18.3 Å². The summed E-state index contributed by atoms with van der Waals surface area (Å²) in [5.41, 5.74) is 0.829. The van der Waals surface area contributed by atoms with Gasteiger partial charge in [-0.1, -0.05) is 0 Å². The number of benzene rings is 1. The Morgan fingerprint density at radius 3 is 2.84 bits per heavy atom. The summed E-state index contributed by atoms with van der Waals surface area (Å²) in [5.74, 6) is 1.06. The summed E-state index contributed by atoms with van der Waals surface area (Å²) >= 11 is 0. The van der Waals surface area contributed by atoms with E-state index in [0.29, 0.717) is 11.5 Å². The zero-order valence-electron chi connectivity index (χ0n) is 10.2. The second-order valence-corrected chi connectivity index (χ2v) is 3.44. The van der Waals surface area contributed by atoms with Gasteiger partial charge in [0.1, 0.15) is 18.7 Å². The van der Waals surface area contributed by atoms with Crippen LogP contribution in [0.2, 0.25) is 0 Å². The number of ether oxygens (including phenoxy) is 2. The Kier molecular flexibility index (Phi) is 4.08. The lowest BCUT2D eigenvalue weighted by Gasteiger charge is -2.08. The predicted molar refractivity (Wildman–Crippen MR) is 67.1 cm³/mol. The Balaban J connectivity index is 2.17. The van der Waals surface area contributed by atoms with Crippen molar-refractivity contribution in [3.8, 4) is 17.6 Å². The van der Waals surface area contributed by atoms with E-state index < -0.39 is 0 Å². The topological polar surface area (TPSA) is 85.3 Å². The second kappa shape index (κ2) is 6.16. The number of rotatable bonds is 5. The van der Waals surface area contributed by atoms with E-state index in [0.717, 1.165) is 5.56 Å². The van der Waals surface area contributed by atoms with E-state index in [-0.39, 0.29) is 6.61 Å². The number of hydrogen-bond acceptors (Lipinski definition) is 6. The Morgan fingerprint density at radius 1 is 1.37 bits per heavy atom. The number of nitrogens with zero attached hydrogens (tertiary/aromatic N) is 5. The third kappa shape index (κ3) is 3.29. The molecule has 0 unspecified atom stereocenters. The molecule has 0 spiro atoms. The first-order valence-electron chi connectivity index (χ1n) is 5.40. The molecular weight excluding hydrogens is 246 g/mol. The average molecular weight is 257 g/mol. The van der Waals surface area contributed by atoms with Crippen LogP contribution in [0, 0.1) is 11.3 Å². The van der Waals surface area contributed by atoms with Gasteiger partial charge in [0.05, 0.1) is 13.3 Å². The summed E-state index contributed by atoms with van der Waals surface area (Å²) in [4.78, 5) is 0. The number of hydrogen-bond donors (Lipinski definition) is 0. The highest BCUT2D eigenvalue weighted by molar-refractivity contribution is 5.80. The minimum Gasteiger partial charge on any atom is -0.493 e. The molecule has 0 aliphatic rings. The molecule has 1 aromatic heterocycles. The van der Waals surface area contributed by atoms with E-state index in [1.165, 1.54) is 24.4 Å². The first-order valence-corrected chi connectivity index (χ1v) is 5.40. The number of aromatic nitrogens is 3. The molecular formula is C12H11N5O2. The summed E-state index contributed by atoms with van der Waals surface area (Å²) in [7, 11) is 1.54. The van der Waals surface area contributed by atoms with Crippen LogP contribution >= 0.6 is 0 Å². The lowest BCUT2D eigenvalue weighted by molar-refractivity contribution is 0.329. The van der Waals surface area contributed by atoms with Crippen molar-refractivity contribution in [3.63, 3.8) is 0 Å². The van der Waals surface area contributed by atoms with Crippen molar-refractivity contribution < 1.29 is 9.47 Å². The van der Waals surface area contributed by atoms with Crippen LogP contribution in [-0.4, -0.2) is 34.8 Å². The zero-order valence-corrected chi connectivity index (χ0v) is 10.2. The van der Waals surface area contributed by atoms with Gasteiger partial charge in [-0.3, -0.25) is 0 Å². The summed E-state index contributed by atoms with van der Waals surface area (Å²) in [6.45, 7) is -0.0233. The molecule has 0 atom stereocenters. The van der Waals surface area contributed by atoms with Crippen molar-refractivity contribution >= 4 is 6.21 Å². The Hall–Kier alpha value is -2.88. The van der Waals surface area contributed by atoms with Crippen molar-refractivity contribution in [2.75, 3.05) is 13.7 Å². The molecule has 96 valence electrons. The molecule has 0 saturated carbocycles. The van der Waals surface area contributed by atoms with Gasteiger partial charge in [-0.25, -0.2) is 4.68 Å². The van der Waals surface area contributed by atoms with Crippen LogP contribution in [0.5, 0.6) is 11.5 Å². The Labute approximate surface area is 109 Å². The molecule has 0 amide bonds. The smallest absolute Gasteiger partial charge is 0.174 e. The van der Waals surface area contributed by atoms with Crippen molar-refractivity contribution in [3.05, 3.63) is 36.4 Å². The largest absolute Gasteiger partial charge is 0.493 e. The highest BCUT2D eigenvalue weighted by atomic mass is 16.5. The van der Waals surface area contributed by atoms with Crippen LogP contribution in [-0.2, 0) is 0 Å². The zero-order chi connectivity index (χ0) is 13.5. The quantitative estimate of drug-likeness (QED) is 0.748. The van der Waals surface area contributed by atoms with Crippen LogP contribution in [0.1, 0.15) is 5.56 Å². The summed E-state index contributed by atoms with van der Waals surface area (Å²) in [5, 5.41) is 19.9. The lowest BCUT2D eigenvalue weighted by Crippen LogP contribution is -1.97.